The number of nitrogens with zero attached hydrogens (tertiary/aromatic N) is 1. The molecule has 8 nitrogen and oxygen atoms in total. The number of carbonyl (C=O) groups excluding carboxylic acids is 2. The number of hydrazine groups is 1. The maximum Gasteiger partial charge on any atom is 0.270 e. The van der Waals surface area contributed by atoms with E-state index in [1.807, 2.05) is 30.3 Å². The Bertz CT molecular complexity index is 1100. The van der Waals surface area contributed by atoms with Gasteiger partial charge in [0.2, 0.25) is 0 Å². The molecule has 0 radical (unpaired) electrons. The van der Waals surface area contributed by atoms with Crippen LogP contribution in [0.1, 0.15) is 21.5 Å². The van der Waals surface area contributed by atoms with Gasteiger partial charge in [-0.3, -0.25) is 30.6 Å². The van der Waals surface area contributed by atoms with Crippen LogP contribution in [0.15, 0.2) is 84.9 Å². The summed E-state index contributed by atoms with van der Waals surface area (Å²) < 4.78 is 5.67. The molecule has 0 aromatic heterocycles. The first-order valence-corrected chi connectivity index (χ1v) is 9.31. The molecular weight excluding hydrogens is 398 g/mol. The summed E-state index contributed by atoms with van der Waals surface area (Å²) in [5, 5.41) is 10.8. The van der Waals surface area contributed by atoms with Crippen molar-refractivity contribution >= 4 is 23.6 Å². The zero-order valence-corrected chi connectivity index (χ0v) is 16.4. The van der Waals surface area contributed by atoms with Crippen LogP contribution in [0.5, 0.6) is 5.75 Å². The first kappa shape index (κ1) is 21.3. The zero-order valence-electron chi connectivity index (χ0n) is 16.4. The molecule has 0 saturated heterocycles. The number of hydrogen-bond acceptors (Lipinski definition) is 5. The molecular formula is C23H19N3O5. The van der Waals surface area contributed by atoms with Crippen LogP contribution < -0.4 is 15.6 Å². The summed E-state index contributed by atoms with van der Waals surface area (Å²) in [5.41, 5.74) is 6.35. The number of rotatable bonds is 7. The molecule has 0 unspecified atom stereocenters. The number of amides is 2. The van der Waals surface area contributed by atoms with E-state index in [0.717, 1.165) is 5.56 Å². The quantitative estimate of drug-likeness (QED) is 0.346. The molecule has 3 aromatic rings. The minimum absolute atomic E-state index is 0.0768. The molecule has 3 aromatic carbocycles. The van der Waals surface area contributed by atoms with Gasteiger partial charge < -0.3 is 4.74 Å². The molecule has 156 valence electrons. The van der Waals surface area contributed by atoms with Crippen LogP contribution in [0.4, 0.5) is 5.69 Å². The van der Waals surface area contributed by atoms with Gasteiger partial charge in [0.1, 0.15) is 12.4 Å². The van der Waals surface area contributed by atoms with Gasteiger partial charge in [-0.05, 0) is 41.5 Å². The predicted molar refractivity (Wildman–Crippen MR) is 115 cm³/mol. The number of nitro groups is 1. The number of non-ortho nitro benzene ring substituents is 1. The van der Waals surface area contributed by atoms with Crippen LogP contribution in [-0.4, -0.2) is 16.7 Å². The lowest BCUT2D eigenvalue weighted by Gasteiger charge is -2.08. The highest BCUT2D eigenvalue weighted by Gasteiger charge is 2.07. The Balaban J connectivity index is 1.48. The molecule has 0 aliphatic rings. The first-order chi connectivity index (χ1) is 15.0. The molecule has 2 N–H and O–H groups in total. The van der Waals surface area contributed by atoms with Crippen LogP contribution in [0.3, 0.4) is 0 Å². The standard InChI is InChI=1S/C23H19N3O5/c27-22(14-9-17-7-4-8-20(15-17)26(29)30)24-25-23(28)19-10-12-21(13-11-19)31-16-18-5-2-1-3-6-18/h1-15H,16H2,(H,24,27)(H,25,28)/b14-9+. The lowest BCUT2D eigenvalue weighted by atomic mass is 10.2. The molecule has 0 fully saturated rings. The molecule has 0 bridgehead atoms. The Labute approximate surface area is 178 Å². The maximum absolute atomic E-state index is 12.2. The van der Waals surface area contributed by atoms with E-state index < -0.39 is 16.7 Å². The monoisotopic (exact) mass is 417 g/mol. The highest BCUT2D eigenvalue weighted by Crippen LogP contribution is 2.15. The molecule has 0 saturated carbocycles. The van der Waals surface area contributed by atoms with Crippen LogP contribution in [0.2, 0.25) is 0 Å². The molecule has 0 heterocycles. The molecule has 0 aliphatic heterocycles. The molecule has 3 rings (SSSR count). The molecule has 31 heavy (non-hydrogen) atoms. The van der Waals surface area contributed by atoms with Crippen molar-refractivity contribution in [2.75, 3.05) is 0 Å². The Kier molecular flexibility index (Phi) is 7.10. The average molecular weight is 417 g/mol. The summed E-state index contributed by atoms with van der Waals surface area (Å²) in [6, 6.07) is 22.0. The average Bonchev–Trinajstić information content (AvgIpc) is 2.81. The molecule has 8 heteroatoms. The number of carbonyl (C=O) groups is 2. The van der Waals surface area contributed by atoms with Crippen molar-refractivity contribution in [2.24, 2.45) is 0 Å². The lowest BCUT2D eigenvalue weighted by Crippen LogP contribution is -2.40. The van der Waals surface area contributed by atoms with Gasteiger partial charge in [0.25, 0.3) is 17.5 Å². The third-order valence-corrected chi connectivity index (χ3v) is 4.17. The lowest BCUT2D eigenvalue weighted by molar-refractivity contribution is -0.384. The van der Waals surface area contributed by atoms with Gasteiger partial charge >= 0.3 is 0 Å². The van der Waals surface area contributed by atoms with Gasteiger partial charge in [-0.2, -0.15) is 0 Å². The van der Waals surface area contributed by atoms with Crippen molar-refractivity contribution < 1.29 is 19.2 Å². The fourth-order valence-electron chi connectivity index (χ4n) is 2.59. The van der Waals surface area contributed by atoms with Gasteiger partial charge in [-0.25, -0.2) is 0 Å². The molecule has 0 atom stereocenters. The number of benzene rings is 3. The van der Waals surface area contributed by atoms with E-state index in [4.69, 9.17) is 4.74 Å². The molecule has 2 amide bonds. The van der Waals surface area contributed by atoms with Gasteiger partial charge in [0, 0.05) is 23.8 Å². The Hall–Kier alpha value is -4.46. The van der Waals surface area contributed by atoms with E-state index in [2.05, 4.69) is 10.9 Å². The number of hydrogen-bond donors (Lipinski definition) is 2. The third kappa shape index (κ3) is 6.53. The molecule has 0 aliphatic carbocycles. The van der Waals surface area contributed by atoms with Crippen molar-refractivity contribution in [3.05, 3.63) is 112 Å². The topological polar surface area (TPSA) is 111 Å². The summed E-state index contributed by atoms with van der Waals surface area (Å²) >= 11 is 0. The number of ether oxygens (including phenoxy) is 1. The van der Waals surface area contributed by atoms with Gasteiger partial charge in [0.05, 0.1) is 4.92 Å². The maximum atomic E-state index is 12.2. The van der Waals surface area contributed by atoms with Crippen molar-refractivity contribution in [1.29, 1.82) is 0 Å². The number of nitro benzene ring substituents is 1. The summed E-state index contributed by atoms with van der Waals surface area (Å²) in [4.78, 5) is 34.3. The van der Waals surface area contributed by atoms with Crippen molar-refractivity contribution in [2.45, 2.75) is 6.61 Å². The second kappa shape index (κ2) is 10.4. The normalized spacial score (nSPS) is 10.5. The zero-order chi connectivity index (χ0) is 22.1. The van der Waals surface area contributed by atoms with Crippen LogP contribution in [-0.2, 0) is 11.4 Å². The highest BCUT2D eigenvalue weighted by molar-refractivity contribution is 5.98. The van der Waals surface area contributed by atoms with E-state index in [1.54, 1.807) is 30.3 Å². The largest absolute Gasteiger partial charge is 0.489 e. The van der Waals surface area contributed by atoms with Crippen LogP contribution in [0, 0.1) is 10.1 Å². The fourth-order valence-corrected chi connectivity index (χ4v) is 2.59. The Morgan fingerprint density at radius 3 is 2.39 bits per heavy atom. The minimum atomic E-state index is -0.581. The van der Waals surface area contributed by atoms with Crippen molar-refractivity contribution in [3.63, 3.8) is 0 Å². The number of nitrogens with one attached hydrogen (secondary N) is 2. The predicted octanol–water partition coefficient (Wildman–Crippen LogP) is 3.65. The fraction of sp³-hybridized carbons (Fsp3) is 0.0435. The Morgan fingerprint density at radius 2 is 1.68 bits per heavy atom. The van der Waals surface area contributed by atoms with Crippen molar-refractivity contribution in [3.8, 4) is 5.75 Å². The van der Waals surface area contributed by atoms with E-state index in [0.29, 0.717) is 23.5 Å². The summed E-state index contributed by atoms with van der Waals surface area (Å²) in [7, 11) is 0. The summed E-state index contributed by atoms with van der Waals surface area (Å²) in [6.45, 7) is 0.416. The second-order valence-electron chi connectivity index (χ2n) is 6.43. The van der Waals surface area contributed by atoms with E-state index >= 15 is 0 Å². The van der Waals surface area contributed by atoms with Crippen molar-refractivity contribution in [1.82, 2.24) is 10.9 Å². The van der Waals surface area contributed by atoms with Crippen LogP contribution in [0.25, 0.3) is 6.08 Å². The van der Waals surface area contributed by atoms with E-state index in [-0.39, 0.29) is 5.69 Å². The highest BCUT2D eigenvalue weighted by atomic mass is 16.6. The van der Waals surface area contributed by atoms with Gasteiger partial charge in [-0.15, -0.1) is 0 Å². The minimum Gasteiger partial charge on any atom is -0.489 e. The third-order valence-electron chi connectivity index (χ3n) is 4.17. The van der Waals surface area contributed by atoms with E-state index in [9.17, 15) is 19.7 Å². The second-order valence-corrected chi connectivity index (χ2v) is 6.43. The summed E-state index contributed by atoms with van der Waals surface area (Å²) in [5.74, 6) is -0.460. The van der Waals surface area contributed by atoms with Gasteiger partial charge in [0.15, 0.2) is 0 Å². The first-order valence-electron chi connectivity index (χ1n) is 9.31. The van der Waals surface area contributed by atoms with Gasteiger partial charge in [-0.1, -0.05) is 42.5 Å². The SMILES string of the molecule is O=C(/C=C/c1cccc([N+](=O)[O-])c1)NNC(=O)c1ccc(OCc2ccccc2)cc1. The Morgan fingerprint density at radius 1 is 0.935 bits per heavy atom. The summed E-state index contributed by atoms with van der Waals surface area (Å²) in [6.07, 6.45) is 2.58. The smallest absolute Gasteiger partial charge is 0.270 e. The van der Waals surface area contributed by atoms with Crippen LogP contribution >= 0.6 is 0 Å². The van der Waals surface area contributed by atoms with E-state index in [1.165, 1.54) is 30.4 Å². The molecule has 0 spiro atoms.